The highest BCUT2D eigenvalue weighted by molar-refractivity contribution is 7.94. The molecule has 1 aliphatic heterocycles. The molecule has 0 fully saturated rings. The Hall–Kier alpha value is -0.820. The summed E-state index contributed by atoms with van der Waals surface area (Å²) >= 11 is 1.98. The normalized spacial score (nSPS) is 21.6. The third kappa shape index (κ3) is 2.73. The molecule has 0 spiro atoms. The number of hydrogen-bond acceptors (Lipinski definition) is 7. The number of fused-ring (bicyclic) bond motifs is 1. The first kappa shape index (κ1) is 16.1. The van der Waals surface area contributed by atoms with Crippen LogP contribution in [0.25, 0.3) is 0 Å². The Morgan fingerprint density at radius 2 is 2.18 bits per heavy atom. The van der Waals surface area contributed by atoms with Crippen molar-refractivity contribution in [3.8, 4) is 0 Å². The molecule has 3 heterocycles. The maximum absolute atomic E-state index is 12.6. The van der Waals surface area contributed by atoms with E-state index in [0.717, 1.165) is 15.2 Å². The van der Waals surface area contributed by atoms with Gasteiger partial charge in [-0.05, 0) is 17.5 Å². The maximum atomic E-state index is 12.6. The Morgan fingerprint density at radius 1 is 1.45 bits per heavy atom. The van der Waals surface area contributed by atoms with E-state index in [-0.39, 0.29) is 27.1 Å². The summed E-state index contributed by atoms with van der Waals surface area (Å²) in [5.41, 5.74) is 0.0939. The van der Waals surface area contributed by atoms with Gasteiger partial charge in [-0.15, -0.1) is 22.7 Å². The Bertz CT molecular complexity index is 898. The van der Waals surface area contributed by atoms with Gasteiger partial charge >= 0.3 is 0 Å². The number of nitrogens with zero attached hydrogens (tertiary/aromatic N) is 1. The molecule has 0 bridgehead atoms. The number of hydrogen-bond donors (Lipinski definition) is 2. The van der Waals surface area contributed by atoms with Crippen LogP contribution in [0.4, 0.5) is 0 Å². The zero-order chi connectivity index (χ0) is 16.1. The first-order valence-corrected chi connectivity index (χ1v) is 10.7. The van der Waals surface area contributed by atoms with Crippen molar-refractivity contribution < 1.29 is 21.9 Å². The molecule has 1 aliphatic rings. The van der Waals surface area contributed by atoms with Crippen LogP contribution in [0.2, 0.25) is 0 Å². The number of aliphatic hydroxyl groups is 1. The molecule has 3 N–H and O–H groups in total. The highest BCUT2D eigenvalue weighted by atomic mass is 32.3. The number of thiophene rings is 2. The number of nitrogens with two attached hydrogens (primary N) is 1. The van der Waals surface area contributed by atoms with Crippen LogP contribution in [-0.2, 0) is 26.6 Å². The topological polar surface area (TPSA) is 118 Å². The fraction of sp³-hybridized carbons (Fsp3) is 0.273. The van der Waals surface area contributed by atoms with Crippen molar-refractivity contribution in [3.05, 3.63) is 34.0 Å². The molecule has 0 aliphatic carbocycles. The van der Waals surface area contributed by atoms with Crippen LogP contribution >= 0.6 is 22.7 Å². The minimum absolute atomic E-state index is 0.0939. The smallest absolute Gasteiger partial charge is 0.253 e. The molecular formula is C11H12N2O5S4. The lowest BCUT2D eigenvalue weighted by Gasteiger charge is -2.29. The summed E-state index contributed by atoms with van der Waals surface area (Å²) < 4.78 is 48.8. The van der Waals surface area contributed by atoms with Crippen molar-refractivity contribution in [2.45, 2.75) is 21.1 Å². The lowest BCUT2D eigenvalue weighted by molar-refractivity contribution is 0.137. The van der Waals surface area contributed by atoms with E-state index in [2.05, 4.69) is 0 Å². The average molecular weight is 380 g/mol. The van der Waals surface area contributed by atoms with Crippen LogP contribution in [0.5, 0.6) is 0 Å². The number of aliphatic hydroxyl groups excluding tert-OH is 1. The van der Waals surface area contributed by atoms with E-state index >= 15 is 0 Å². The highest BCUT2D eigenvalue weighted by Gasteiger charge is 2.39. The van der Waals surface area contributed by atoms with Crippen molar-refractivity contribution in [1.82, 2.24) is 4.31 Å². The quantitative estimate of drug-likeness (QED) is 0.812. The van der Waals surface area contributed by atoms with Crippen LogP contribution in [-0.4, -0.2) is 32.8 Å². The van der Waals surface area contributed by atoms with Crippen molar-refractivity contribution in [2.24, 2.45) is 5.14 Å². The van der Waals surface area contributed by atoms with E-state index < -0.39 is 26.2 Å². The van der Waals surface area contributed by atoms with Crippen molar-refractivity contribution in [2.75, 3.05) is 6.54 Å². The predicted octanol–water partition coefficient (Wildman–Crippen LogP) is 0.695. The summed E-state index contributed by atoms with van der Waals surface area (Å²) in [5.74, 6) is 0. The molecule has 2 aromatic rings. The summed E-state index contributed by atoms with van der Waals surface area (Å²) in [6, 6.07) is 4.75. The molecule has 120 valence electrons. The van der Waals surface area contributed by atoms with E-state index in [1.165, 1.54) is 11.3 Å². The van der Waals surface area contributed by atoms with Gasteiger partial charge in [-0.2, -0.15) is 4.31 Å². The maximum Gasteiger partial charge on any atom is 0.253 e. The van der Waals surface area contributed by atoms with Crippen LogP contribution in [0, 0.1) is 0 Å². The van der Waals surface area contributed by atoms with Crippen molar-refractivity contribution >= 4 is 42.7 Å². The molecular weight excluding hydrogens is 368 g/mol. The summed E-state index contributed by atoms with van der Waals surface area (Å²) in [7, 11) is -7.86. The Morgan fingerprint density at radius 3 is 2.77 bits per heavy atom. The van der Waals surface area contributed by atoms with Gasteiger partial charge in [0.2, 0.25) is 10.0 Å². The second kappa shape index (κ2) is 5.37. The van der Waals surface area contributed by atoms with Crippen molar-refractivity contribution in [1.29, 1.82) is 0 Å². The standard InChI is InChI=1S/C11H12N2O5S4/c12-21(15,16)10-4-8-9(14)6-13(5-7-2-1-3-19-7)22(17,18)11(8)20-10/h1-4,9,14H,5-6H2,(H2,12,15,16). The molecule has 0 saturated carbocycles. The monoisotopic (exact) mass is 380 g/mol. The van der Waals surface area contributed by atoms with Crippen molar-refractivity contribution in [3.63, 3.8) is 0 Å². The Kier molecular flexibility index (Phi) is 3.92. The van der Waals surface area contributed by atoms with Gasteiger partial charge in [0.1, 0.15) is 8.42 Å². The Balaban J connectivity index is 2.06. The first-order chi connectivity index (χ1) is 10.2. The summed E-state index contributed by atoms with van der Waals surface area (Å²) in [6.07, 6.45) is -1.08. The predicted molar refractivity (Wildman–Crippen MR) is 82.6 cm³/mol. The second-order valence-electron chi connectivity index (χ2n) is 4.75. The average Bonchev–Trinajstić information content (AvgIpc) is 3.04. The SMILES string of the molecule is NS(=O)(=O)c1cc2c(s1)S(=O)(=O)N(Cc1cccs1)CC2O. The molecule has 22 heavy (non-hydrogen) atoms. The number of primary sulfonamides is 1. The summed E-state index contributed by atoms with van der Waals surface area (Å²) in [6.45, 7) is 0.0210. The molecule has 1 unspecified atom stereocenters. The molecule has 1 atom stereocenters. The Labute approximate surface area is 135 Å². The molecule has 0 aromatic carbocycles. The molecule has 2 aromatic heterocycles. The minimum atomic E-state index is -4.01. The van der Waals surface area contributed by atoms with E-state index in [1.54, 1.807) is 6.07 Å². The van der Waals surface area contributed by atoms with E-state index in [4.69, 9.17) is 5.14 Å². The molecule has 0 radical (unpaired) electrons. The molecule has 11 heteroatoms. The number of rotatable bonds is 3. The lowest BCUT2D eigenvalue weighted by Crippen LogP contribution is -2.38. The van der Waals surface area contributed by atoms with Crippen LogP contribution in [0.1, 0.15) is 16.5 Å². The minimum Gasteiger partial charge on any atom is -0.387 e. The van der Waals surface area contributed by atoms with E-state index in [9.17, 15) is 21.9 Å². The third-order valence-electron chi connectivity index (χ3n) is 3.20. The highest BCUT2D eigenvalue weighted by Crippen LogP contribution is 2.40. The fourth-order valence-electron chi connectivity index (χ4n) is 2.17. The second-order valence-corrected chi connectivity index (χ2v) is 10.8. The zero-order valence-electron chi connectivity index (χ0n) is 11.0. The van der Waals surface area contributed by atoms with Gasteiger partial charge in [0.15, 0.2) is 0 Å². The van der Waals surface area contributed by atoms with E-state index in [0.29, 0.717) is 11.3 Å². The van der Waals surface area contributed by atoms with Crippen LogP contribution in [0.3, 0.4) is 0 Å². The summed E-state index contributed by atoms with van der Waals surface area (Å²) in [4.78, 5) is 0.836. The van der Waals surface area contributed by atoms with Gasteiger partial charge in [0.25, 0.3) is 10.0 Å². The zero-order valence-corrected chi connectivity index (χ0v) is 14.3. The van der Waals surface area contributed by atoms with Crippen LogP contribution in [0.15, 0.2) is 32.0 Å². The van der Waals surface area contributed by atoms with Gasteiger partial charge < -0.3 is 5.11 Å². The van der Waals surface area contributed by atoms with Gasteiger partial charge in [0, 0.05) is 23.5 Å². The first-order valence-electron chi connectivity index (χ1n) is 6.07. The largest absolute Gasteiger partial charge is 0.387 e. The number of β-amino-alcohol motifs (C(OH)–C–C–N with tert-alkyl or cyclic N) is 1. The van der Waals surface area contributed by atoms with Gasteiger partial charge in [-0.25, -0.2) is 22.0 Å². The van der Waals surface area contributed by atoms with E-state index in [1.807, 2.05) is 11.4 Å². The summed E-state index contributed by atoms with van der Waals surface area (Å²) in [5, 5.41) is 17.0. The fourth-order valence-corrected chi connectivity index (χ4v) is 7.20. The lowest BCUT2D eigenvalue weighted by atomic mass is 10.2. The van der Waals surface area contributed by atoms with Crippen LogP contribution < -0.4 is 5.14 Å². The van der Waals surface area contributed by atoms with Gasteiger partial charge in [0.05, 0.1) is 6.10 Å². The third-order valence-corrected chi connectivity index (χ3v) is 8.98. The molecule has 0 saturated heterocycles. The molecule has 3 rings (SSSR count). The van der Waals surface area contributed by atoms with Gasteiger partial charge in [-0.1, -0.05) is 6.07 Å². The van der Waals surface area contributed by atoms with Gasteiger partial charge in [-0.3, -0.25) is 0 Å². The molecule has 7 nitrogen and oxygen atoms in total. The number of sulfonamides is 2. The molecule has 0 amide bonds.